The highest BCUT2D eigenvalue weighted by Gasteiger charge is 2.17. The molecule has 0 radical (unpaired) electrons. The molecule has 2 rings (SSSR count). The summed E-state index contributed by atoms with van der Waals surface area (Å²) in [6.45, 7) is 1.08. The van der Waals surface area contributed by atoms with Gasteiger partial charge in [0, 0.05) is 19.0 Å². The molecule has 0 aliphatic rings. The van der Waals surface area contributed by atoms with Crippen molar-refractivity contribution in [3.8, 4) is 5.75 Å². The Kier molecular flexibility index (Phi) is 3.89. The summed E-state index contributed by atoms with van der Waals surface area (Å²) in [7, 11) is 3.22. The Morgan fingerprint density at radius 1 is 1.39 bits per heavy atom. The zero-order chi connectivity index (χ0) is 13.1. The topological polar surface area (TPSA) is 40.5 Å². The Morgan fingerprint density at radius 3 is 2.78 bits per heavy atom. The van der Waals surface area contributed by atoms with Crippen molar-refractivity contribution >= 4 is 28.8 Å². The molecule has 18 heavy (non-hydrogen) atoms. The summed E-state index contributed by atoms with van der Waals surface area (Å²) in [5.41, 5.74) is 1.31. The predicted molar refractivity (Wildman–Crippen MR) is 70.8 cm³/mol. The number of carbonyl (C=O) groups excluding carboxylic acids is 1. The lowest BCUT2D eigenvalue weighted by Crippen LogP contribution is -2.05. The zero-order valence-electron chi connectivity index (χ0n) is 10.3. The molecule has 0 fully saturated rings. The second-order valence-corrected chi connectivity index (χ2v) is 4.18. The van der Waals surface area contributed by atoms with Gasteiger partial charge in [-0.15, -0.1) is 0 Å². The SMILES string of the molecule is COCCn1c(Cl)c(C=O)c2cccc(OC)c21. The molecule has 0 aliphatic carbocycles. The third-order valence-electron chi connectivity index (χ3n) is 2.88. The highest BCUT2D eigenvalue weighted by molar-refractivity contribution is 6.34. The van der Waals surface area contributed by atoms with Crippen molar-refractivity contribution in [2.45, 2.75) is 6.54 Å². The molecule has 1 aromatic carbocycles. The Balaban J connectivity index is 2.73. The van der Waals surface area contributed by atoms with Crippen molar-refractivity contribution in [2.24, 2.45) is 0 Å². The number of aldehydes is 1. The number of nitrogens with zero attached hydrogens (tertiary/aromatic N) is 1. The second-order valence-electron chi connectivity index (χ2n) is 3.82. The number of hydrogen-bond acceptors (Lipinski definition) is 3. The van der Waals surface area contributed by atoms with Gasteiger partial charge >= 0.3 is 0 Å². The zero-order valence-corrected chi connectivity index (χ0v) is 11.0. The molecule has 0 N–H and O–H groups in total. The summed E-state index contributed by atoms with van der Waals surface area (Å²) in [4.78, 5) is 11.2. The Bertz CT molecular complexity index is 577. The van der Waals surface area contributed by atoms with Crippen LogP contribution in [0.4, 0.5) is 0 Å². The summed E-state index contributed by atoms with van der Waals surface area (Å²) < 4.78 is 12.2. The van der Waals surface area contributed by atoms with Crippen LogP contribution in [0.2, 0.25) is 5.15 Å². The maximum absolute atomic E-state index is 11.2. The quantitative estimate of drug-likeness (QED) is 0.782. The van der Waals surface area contributed by atoms with E-state index in [1.54, 1.807) is 14.2 Å². The number of fused-ring (bicyclic) bond motifs is 1. The first kappa shape index (κ1) is 12.9. The molecule has 1 aromatic heterocycles. The lowest BCUT2D eigenvalue weighted by atomic mass is 10.2. The van der Waals surface area contributed by atoms with Crippen LogP contribution in [0.15, 0.2) is 18.2 Å². The number of methoxy groups -OCH3 is 2. The maximum atomic E-state index is 11.2. The molecule has 0 atom stereocenters. The van der Waals surface area contributed by atoms with Crippen LogP contribution in [0.1, 0.15) is 10.4 Å². The molecule has 0 saturated heterocycles. The fourth-order valence-corrected chi connectivity index (χ4v) is 2.36. The fraction of sp³-hybridized carbons (Fsp3) is 0.308. The number of para-hydroxylation sites is 1. The molecule has 96 valence electrons. The highest BCUT2D eigenvalue weighted by atomic mass is 35.5. The number of rotatable bonds is 5. The number of ether oxygens (including phenoxy) is 2. The smallest absolute Gasteiger partial charge is 0.153 e. The number of benzene rings is 1. The maximum Gasteiger partial charge on any atom is 0.153 e. The van der Waals surface area contributed by atoms with Crippen LogP contribution in [0.25, 0.3) is 10.9 Å². The van der Waals surface area contributed by atoms with Gasteiger partial charge in [0.2, 0.25) is 0 Å². The molecule has 4 nitrogen and oxygen atoms in total. The molecular weight excluding hydrogens is 254 g/mol. The summed E-state index contributed by atoms with van der Waals surface area (Å²) in [5, 5.41) is 1.21. The van der Waals surface area contributed by atoms with E-state index in [1.807, 2.05) is 22.8 Å². The average molecular weight is 268 g/mol. The Morgan fingerprint density at radius 2 is 2.17 bits per heavy atom. The molecule has 0 amide bonds. The standard InChI is InChI=1S/C13H14ClNO3/c1-17-7-6-15-12-9(10(8-16)13(15)14)4-3-5-11(12)18-2/h3-5,8H,6-7H2,1-2H3. The van der Waals surface area contributed by atoms with Crippen molar-refractivity contribution < 1.29 is 14.3 Å². The summed E-state index contributed by atoms with van der Waals surface area (Å²) in [6, 6.07) is 5.54. The van der Waals surface area contributed by atoms with Crippen LogP contribution >= 0.6 is 11.6 Å². The summed E-state index contributed by atoms with van der Waals surface area (Å²) in [5.74, 6) is 0.693. The van der Waals surface area contributed by atoms with E-state index in [4.69, 9.17) is 21.1 Å². The molecule has 0 unspecified atom stereocenters. The number of carbonyl (C=O) groups is 1. The van der Waals surface area contributed by atoms with E-state index in [0.29, 0.717) is 29.6 Å². The third-order valence-corrected chi connectivity index (χ3v) is 3.28. The largest absolute Gasteiger partial charge is 0.495 e. The van der Waals surface area contributed by atoms with E-state index < -0.39 is 0 Å². The van der Waals surface area contributed by atoms with Gasteiger partial charge < -0.3 is 14.0 Å². The first-order valence-electron chi connectivity index (χ1n) is 5.53. The highest BCUT2D eigenvalue weighted by Crippen LogP contribution is 2.34. The molecule has 0 saturated carbocycles. The van der Waals surface area contributed by atoms with E-state index >= 15 is 0 Å². The molecule has 0 spiro atoms. The van der Waals surface area contributed by atoms with Gasteiger partial charge in [0.05, 0.1) is 24.8 Å². The lowest BCUT2D eigenvalue weighted by molar-refractivity contribution is 0.112. The van der Waals surface area contributed by atoms with Crippen LogP contribution in [-0.4, -0.2) is 31.7 Å². The first-order valence-corrected chi connectivity index (χ1v) is 5.91. The van der Waals surface area contributed by atoms with E-state index in [-0.39, 0.29) is 0 Å². The van der Waals surface area contributed by atoms with Crippen LogP contribution in [-0.2, 0) is 11.3 Å². The minimum absolute atomic E-state index is 0.418. The van der Waals surface area contributed by atoms with Crippen molar-refractivity contribution in [1.82, 2.24) is 4.57 Å². The molecular formula is C13H14ClNO3. The summed E-state index contributed by atoms with van der Waals surface area (Å²) >= 11 is 6.24. The Labute approximate surface area is 110 Å². The van der Waals surface area contributed by atoms with Crippen LogP contribution in [0.5, 0.6) is 5.75 Å². The number of halogens is 1. The van der Waals surface area contributed by atoms with E-state index in [0.717, 1.165) is 17.2 Å². The average Bonchev–Trinajstić information content (AvgIpc) is 2.67. The molecule has 1 heterocycles. The van der Waals surface area contributed by atoms with Crippen molar-refractivity contribution in [1.29, 1.82) is 0 Å². The monoisotopic (exact) mass is 267 g/mol. The van der Waals surface area contributed by atoms with Gasteiger partial charge in [-0.25, -0.2) is 0 Å². The molecule has 2 aromatic rings. The molecule has 0 aliphatic heterocycles. The normalized spacial score (nSPS) is 10.8. The van der Waals surface area contributed by atoms with Gasteiger partial charge in [0.1, 0.15) is 10.9 Å². The van der Waals surface area contributed by atoms with E-state index in [2.05, 4.69) is 0 Å². The number of aromatic nitrogens is 1. The van der Waals surface area contributed by atoms with Gasteiger partial charge in [-0.05, 0) is 6.07 Å². The van der Waals surface area contributed by atoms with Gasteiger partial charge in [-0.2, -0.15) is 0 Å². The van der Waals surface area contributed by atoms with Crippen molar-refractivity contribution in [3.05, 3.63) is 28.9 Å². The van der Waals surface area contributed by atoms with Gasteiger partial charge in [-0.1, -0.05) is 23.7 Å². The minimum atomic E-state index is 0.418. The van der Waals surface area contributed by atoms with Gasteiger partial charge in [0.25, 0.3) is 0 Å². The number of hydrogen-bond donors (Lipinski definition) is 0. The van der Waals surface area contributed by atoms with Crippen molar-refractivity contribution in [2.75, 3.05) is 20.8 Å². The lowest BCUT2D eigenvalue weighted by Gasteiger charge is -2.09. The van der Waals surface area contributed by atoms with Crippen LogP contribution in [0, 0.1) is 0 Å². The van der Waals surface area contributed by atoms with Crippen molar-refractivity contribution in [3.63, 3.8) is 0 Å². The van der Waals surface area contributed by atoms with Crippen LogP contribution < -0.4 is 4.74 Å². The molecule has 5 heteroatoms. The first-order chi connectivity index (χ1) is 8.74. The summed E-state index contributed by atoms with van der Waals surface area (Å²) in [6.07, 6.45) is 0.771. The van der Waals surface area contributed by atoms with E-state index in [9.17, 15) is 4.79 Å². The second kappa shape index (κ2) is 5.42. The molecule has 0 bridgehead atoms. The third kappa shape index (κ3) is 1.98. The van der Waals surface area contributed by atoms with E-state index in [1.165, 1.54) is 0 Å². The predicted octanol–water partition coefficient (Wildman–Crippen LogP) is 2.76. The minimum Gasteiger partial charge on any atom is -0.495 e. The van der Waals surface area contributed by atoms with Crippen LogP contribution in [0.3, 0.4) is 0 Å². The Hall–Kier alpha value is -1.52. The fourth-order valence-electron chi connectivity index (χ4n) is 2.04. The van der Waals surface area contributed by atoms with Gasteiger partial charge in [0.15, 0.2) is 6.29 Å². The van der Waals surface area contributed by atoms with Gasteiger partial charge in [-0.3, -0.25) is 4.79 Å².